The molecular weight excluding hydrogens is 290 g/mol. The first-order valence-corrected chi connectivity index (χ1v) is 4.57. The molecule has 13 heteroatoms. The topological polar surface area (TPSA) is 173 Å². The van der Waals surface area contributed by atoms with Crippen LogP contribution in [-0.2, 0) is 10.8 Å². The monoisotopic (exact) mass is 294 g/mol. The van der Waals surface area contributed by atoms with Gasteiger partial charge in [-0.3, -0.25) is 0 Å². The summed E-state index contributed by atoms with van der Waals surface area (Å²) in [6.45, 7) is 0. The molecule has 0 saturated carbocycles. The third-order valence-electron chi connectivity index (χ3n) is 0.337. The molecule has 66 valence electrons. The third-order valence-corrected chi connectivity index (χ3v) is 3.03. The molecule has 0 aromatic heterocycles. The average Bonchev–Trinajstić information content (AvgIpc) is 1.67. The number of hydrogen-bond acceptors (Lipinski definition) is 7. The molecule has 13 heavy (non-hydrogen) atoms. The molecule has 0 rings (SSSR count). The van der Waals surface area contributed by atoms with Crippen molar-refractivity contribution in [1.29, 1.82) is 0 Å². The Labute approximate surface area is 150 Å². The van der Waals surface area contributed by atoms with Gasteiger partial charge in [0.2, 0.25) is 0 Å². The van der Waals surface area contributed by atoms with Crippen LogP contribution in [0, 0.1) is 0 Å². The van der Waals surface area contributed by atoms with Gasteiger partial charge >= 0.3 is 137 Å². The van der Waals surface area contributed by atoms with Crippen molar-refractivity contribution in [2.45, 2.75) is 0 Å². The second-order valence-electron chi connectivity index (χ2n) is 0.832. The Morgan fingerprint density at radius 3 is 1.62 bits per heavy atom. The zero-order valence-corrected chi connectivity index (χ0v) is 14.2. The average molecular weight is 294 g/mol. The fourth-order valence-corrected chi connectivity index (χ4v) is 1.28. The summed E-state index contributed by atoms with van der Waals surface area (Å²) in [5.41, 5.74) is 0. The molecule has 0 unspecified atom stereocenters. The van der Waals surface area contributed by atoms with Crippen molar-refractivity contribution in [3.05, 3.63) is 0 Å². The van der Waals surface area contributed by atoms with Crippen molar-refractivity contribution >= 4 is 117 Å². The van der Waals surface area contributed by atoms with E-state index in [1.807, 2.05) is 0 Å². The van der Waals surface area contributed by atoms with E-state index in [0.717, 1.165) is 0 Å². The molecule has 0 fully saturated rings. The van der Waals surface area contributed by atoms with Crippen LogP contribution in [0.2, 0.25) is 0 Å². The van der Waals surface area contributed by atoms with E-state index in [-0.39, 0.29) is 91.9 Å². The van der Waals surface area contributed by atoms with Crippen LogP contribution < -0.4 is 9.59 Å². The van der Waals surface area contributed by atoms with Gasteiger partial charge in [0.15, 0.2) is 0 Å². The van der Waals surface area contributed by atoms with Crippen LogP contribution in [-0.4, -0.2) is 133 Å². The fourth-order valence-electron chi connectivity index (χ4n) is 0.0867. The van der Waals surface area contributed by atoms with E-state index in [1.54, 1.807) is 0 Å². The van der Waals surface area contributed by atoms with Gasteiger partial charge in [-0.05, 0) is 0 Å². The molecule has 2 radical (unpaired) electrons. The Morgan fingerprint density at radius 2 is 1.54 bits per heavy atom. The summed E-state index contributed by atoms with van der Waals surface area (Å²) in [5, 5.41) is 0. The third kappa shape index (κ3) is 25.4. The van der Waals surface area contributed by atoms with E-state index in [2.05, 4.69) is 6.96 Å². The minimum atomic E-state index is -4.49. The summed E-state index contributed by atoms with van der Waals surface area (Å²) < 4.78 is 16.9. The molecular formula is H4Al2Ca2O8Si. The van der Waals surface area contributed by atoms with E-state index in [4.69, 9.17) is 0 Å². The van der Waals surface area contributed by atoms with Crippen molar-refractivity contribution < 1.29 is 36.8 Å². The Bertz CT molecular complexity index is 90.2. The molecule has 0 bridgehead atoms. The van der Waals surface area contributed by atoms with Gasteiger partial charge in [-0.1, -0.05) is 0 Å². The van der Waals surface area contributed by atoms with Crippen LogP contribution in [0.25, 0.3) is 0 Å². The van der Waals surface area contributed by atoms with Gasteiger partial charge in [-0.2, -0.15) is 0 Å². The van der Waals surface area contributed by atoms with E-state index < -0.39 is 24.5 Å². The van der Waals surface area contributed by atoms with E-state index in [1.165, 1.54) is 16.6 Å². The molecule has 0 aromatic carbocycles. The van der Waals surface area contributed by atoms with Gasteiger partial charge in [-0.25, -0.2) is 0 Å². The first kappa shape index (κ1) is 36.0. The molecule has 0 aliphatic carbocycles. The summed E-state index contributed by atoms with van der Waals surface area (Å²) in [6, 6.07) is 0. The fraction of sp³-hybridized carbons (Fsp3) is 0. The van der Waals surface area contributed by atoms with Crippen molar-refractivity contribution in [3.63, 3.8) is 0 Å². The Kier molecular flexibility index (Phi) is 56.9. The van der Waals surface area contributed by atoms with E-state index in [0.29, 0.717) is 0 Å². The minimum absolute atomic E-state index is 0. The summed E-state index contributed by atoms with van der Waals surface area (Å²) in [5.74, 6) is 0. The van der Waals surface area contributed by atoms with Crippen molar-refractivity contribution in [2.75, 3.05) is 0 Å². The second kappa shape index (κ2) is 20.6. The molecule has 0 heterocycles. The number of hydrogen-bond donors (Lipinski definition) is 0. The summed E-state index contributed by atoms with van der Waals surface area (Å²) in [6.07, 6.45) is 0. The van der Waals surface area contributed by atoms with Crippen molar-refractivity contribution in [1.82, 2.24) is 0 Å². The Hall–Kier alpha value is 3.16. The van der Waals surface area contributed by atoms with Gasteiger partial charge in [-0.15, -0.1) is 0 Å². The van der Waals surface area contributed by atoms with Gasteiger partial charge in [0, 0.05) is 0 Å². The molecule has 8 nitrogen and oxygen atoms in total. The normalized spacial score (nSPS) is 6.31. The molecule has 0 aliphatic rings. The molecule has 0 atom stereocenters. The van der Waals surface area contributed by atoms with E-state index in [9.17, 15) is 13.4 Å². The van der Waals surface area contributed by atoms with Crippen LogP contribution in [0.3, 0.4) is 0 Å². The van der Waals surface area contributed by atoms with Crippen LogP contribution in [0.1, 0.15) is 0 Å². The summed E-state index contributed by atoms with van der Waals surface area (Å²) >= 11 is -0.260. The van der Waals surface area contributed by atoms with Crippen LogP contribution in [0.4, 0.5) is 0 Å². The predicted molar refractivity (Wildman–Crippen MR) is 39.1 cm³/mol. The second-order valence-corrected chi connectivity index (χ2v) is 3.91. The SMILES string of the molecule is O.[Ca+2].[Ca+2].[OH-].[OH-].[O]=[Al][O][Si]([O-])([O-])[O][Al]. The summed E-state index contributed by atoms with van der Waals surface area (Å²) in [7, 11) is -4.49. The first-order valence-electron chi connectivity index (χ1n) is 1.52. The first-order chi connectivity index (χ1) is 3.62. The van der Waals surface area contributed by atoms with Crippen LogP contribution in [0.15, 0.2) is 0 Å². The summed E-state index contributed by atoms with van der Waals surface area (Å²) in [4.78, 5) is 20.0. The number of rotatable bonds is 3. The van der Waals surface area contributed by atoms with E-state index >= 15 is 0 Å². The maximum atomic E-state index is 10.0. The standard InChI is InChI=1S/2Al.2Ca.O4Si.3H2O.O/c;;;;1-5(2,3)4;;;;/h;;;;;3*1H2;/q2*+1;2*+2;-4;;;;/p-2. The van der Waals surface area contributed by atoms with Crippen LogP contribution in [0.5, 0.6) is 0 Å². The molecule has 4 N–H and O–H groups in total. The Morgan fingerprint density at radius 1 is 1.23 bits per heavy atom. The zero-order chi connectivity index (χ0) is 6.62. The maximum absolute atomic E-state index is 10.0. The van der Waals surface area contributed by atoms with Gasteiger partial charge in [0.05, 0.1) is 0 Å². The van der Waals surface area contributed by atoms with Gasteiger partial charge in [0.25, 0.3) is 0 Å². The molecule has 0 aromatic rings. The van der Waals surface area contributed by atoms with Crippen molar-refractivity contribution in [3.8, 4) is 0 Å². The predicted octanol–water partition coefficient (Wildman–Crippen LogP) is -5.72. The van der Waals surface area contributed by atoms with Gasteiger partial charge in [0.1, 0.15) is 0 Å². The van der Waals surface area contributed by atoms with Crippen molar-refractivity contribution in [2.24, 2.45) is 0 Å². The Balaban J connectivity index is -0.0000000245. The molecule has 0 amide bonds. The molecule has 0 saturated heterocycles. The molecule has 0 aliphatic heterocycles. The van der Waals surface area contributed by atoms with Crippen LogP contribution >= 0.6 is 0 Å². The molecule has 0 spiro atoms. The zero-order valence-electron chi connectivity index (χ0n) is 6.50. The quantitative estimate of drug-likeness (QED) is 0.466. The van der Waals surface area contributed by atoms with Gasteiger partial charge < -0.3 is 16.4 Å².